The largest absolute Gasteiger partial charge is 0.478 e. The van der Waals surface area contributed by atoms with Crippen molar-refractivity contribution in [1.82, 2.24) is 15.3 Å². The number of carbonyl (C=O) groups is 2. The second-order valence-electron chi connectivity index (χ2n) is 7.29. The molecule has 9 heteroatoms. The van der Waals surface area contributed by atoms with Crippen molar-refractivity contribution in [3.63, 3.8) is 0 Å². The van der Waals surface area contributed by atoms with E-state index in [9.17, 15) is 14.7 Å². The highest BCUT2D eigenvalue weighted by Gasteiger charge is 2.32. The van der Waals surface area contributed by atoms with E-state index in [2.05, 4.69) is 20.2 Å². The van der Waals surface area contributed by atoms with Crippen molar-refractivity contribution in [2.24, 2.45) is 0 Å². The lowest BCUT2D eigenvalue weighted by atomic mass is 10.00. The number of benzene rings is 1. The van der Waals surface area contributed by atoms with E-state index < -0.39 is 5.97 Å². The maximum atomic E-state index is 12.7. The topological polar surface area (TPSA) is 108 Å². The van der Waals surface area contributed by atoms with Gasteiger partial charge < -0.3 is 25.0 Å². The molecule has 2 aromatic rings. The Labute approximate surface area is 180 Å². The predicted molar refractivity (Wildman–Crippen MR) is 114 cm³/mol. The number of hydrogen-bond acceptors (Lipinski definition) is 5. The summed E-state index contributed by atoms with van der Waals surface area (Å²) in [7, 11) is 0. The van der Waals surface area contributed by atoms with Crippen molar-refractivity contribution in [3.8, 4) is 0 Å². The first kappa shape index (κ1) is 22.1. The van der Waals surface area contributed by atoms with E-state index >= 15 is 0 Å². The smallest absolute Gasteiger partial charge is 0.335 e. The van der Waals surface area contributed by atoms with E-state index in [1.165, 1.54) is 0 Å². The molecule has 0 radical (unpaired) electrons. The molecule has 8 nitrogen and oxygen atoms in total. The molecule has 0 spiro atoms. The third-order valence-electron chi connectivity index (χ3n) is 5.17. The van der Waals surface area contributed by atoms with E-state index in [0.717, 1.165) is 17.8 Å². The first-order chi connectivity index (χ1) is 14.4. The van der Waals surface area contributed by atoms with Crippen molar-refractivity contribution in [1.29, 1.82) is 0 Å². The first-order valence-electron chi connectivity index (χ1n) is 10.2. The molecule has 3 N–H and O–H groups in total. The van der Waals surface area contributed by atoms with Crippen molar-refractivity contribution in [2.45, 2.75) is 45.3 Å². The Balaban J connectivity index is 1.72. The number of aromatic nitrogens is 2. The lowest BCUT2D eigenvalue weighted by molar-refractivity contribution is 0.0204. The van der Waals surface area contributed by atoms with Crippen LogP contribution in [0.2, 0.25) is 5.15 Å². The molecule has 2 heterocycles. The zero-order valence-electron chi connectivity index (χ0n) is 17.2. The van der Waals surface area contributed by atoms with E-state index in [1.54, 1.807) is 18.2 Å². The summed E-state index contributed by atoms with van der Waals surface area (Å²) in [6.07, 6.45) is 1.95. The number of carboxylic acid groups (broad SMARTS) is 1. The van der Waals surface area contributed by atoms with Crippen LogP contribution in [0.1, 0.15) is 53.4 Å². The Morgan fingerprint density at radius 2 is 2.20 bits per heavy atom. The van der Waals surface area contributed by atoms with Gasteiger partial charge >= 0.3 is 5.97 Å². The van der Waals surface area contributed by atoms with Crippen LogP contribution >= 0.6 is 11.6 Å². The lowest BCUT2D eigenvalue weighted by Crippen LogP contribution is -2.55. The molecule has 30 heavy (non-hydrogen) atoms. The number of nitrogens with zero attached hydrogens (tertiary/aromatic N) is 2. The molecule has 162 valence electrons. The monoisotopic (exact) mass is 434 g/mol. The third-order valence-corrected chi connectivity index (χ3v) is 5.48. The molecule has 1 fully saturated rings. The van der Waals surface area contributed by atoms with Gasteiger partial charge in [-0.1, -0.05) is 31.5 Å². The van der Waals surface area contributed by atoms with Gasteiger partial charge in [0.2, 0.25) is 0 Å². The number of carbonyl (C=O) groups excluding carboxylic acids is 1. The molecule has 2 atom stereocenters. The van der Waals surface area contributed by atoms with E-state index in [-0.39, 0.29) is 29.4 Å². The molecule has 0 aliphatic carbocycles. The van der Waals surface area contributed by atoms with Gasteiger partial charge in [0.15, 0.2) is 11.0 Å². The van der Waals surface area contributed by atoms with Crippen molar-refractivity contribution in [2.75, 3.05) is 24.6 Å². The molecule has 0 unspecified atom stereocenters. The number of hydrogen-bond donors (Lipinski definition) is 3. The molecule has 1 aliphatic rings. The summed E-state index contributed by atoms with van der Waals surface area (Å²) in [6, 6.07) is 6.68. The summed E-state index contributed by atoms with van der Waals surface area (Å²) < 4.78 is 6.03. The fourth-order valence-corrected chi connectivity index (χ4v) is 3.82. The highest BCUT2D eigenvalue weighted by molar-refractivity contribution is 6.30. The molecule has 0 saturated carbocycles. The number of aromatic amines is 1. The normalized spacial score (nSPS) is 19.0. The maximum absolute atomic E-state index is 12.7. The SMILES string of the molecule is CCCO[C@@H]1CN(c2cccc(C(=O)O)c2)CC[C@@H]1NC(=O)c1nc(Cl)c(CC)[nH]1. The number of carboxylic acids is 1. The van der Waals surface area contributed by atoms with Gasteiger partial charge in [0.05, 0.1) is 23.4 Å². The summed E-state index contributed by atoms with van der Waals surface area (Å²) in [5, 5.41) is 12.6. The summed E-state index contributed by atoms with van der Waals surface area (Å²) in [6.45, 7) is 5.76. The average molecular weight is 435 g/mol. The third kappa shape index (κ3) is 5.12. The molecule has 1 amide bonds. The number of anilines is 1. The number of aromatic carboxylic acids is 1. The Kier molecular flexibility index (Phi) is 7.33. The quantitative estimate of drug-likeness (QED) is 0.589. The fraction of sp³-hybridized carbons (Fsp3) is 0.476. The standard InChI is InChI=1S/C21H27ClN4O4/c1-3-10-30-17-12-26(14-7-5-6-13(11-14)21(28)29)9-8-16(17)24-20(27)19-23-15(4-2)18(22)25-19/h5-7,11,16-17H,3-4,8-10,12H2,1-2H3,(H,23,25)(H,24,27)(H,28,29)/t16-,17+/m0/s1. The molecule has 3 rings (SSSR count). The number of aryl methyl sites for hydroxylation is 1. The second kappa shape index (κ2) is 9.95. The number of halogens is 1. The predicted octanol–water partition coefficient (Wildman–Crippen LogP) is 3.13. The number of nitrogens with one attached hydrogen (secondary N) is 2. The molecule has 1 aromatic heterocycles. The molecule has 1 saturated heterocycles. The van der Waals surface area contributed by atoms with E-state index in [4.69, 9.17) is 16.3 Å². The van der Waals surface area contributed by atoms with Crippen LogP contribution in [0.4, 0.5) is 5.69 Å². The second-order valence-corrected chi connectivity index (χ2v) is 7.65. The van der Waals surface area contributed by atoms with Gasteiger partial charge in [-0.05, 0) is 37.5 Å². The highest BCUT2D eigenvalue weighted by atomic mass is 35.5. The van der Waals surface area contributed by atoms with Gasteiger partial charge in [-0.2, -0.15) is 0 Å². The van der Waals surface area contributed by atoms with Crippen LogP contribution in [0.3, 0.4) is 0 Å². The number of amides is 1. The Hall–Kier alpha value is -2.58. The van der Waals surface area contributed by atoms with Crippen LogP contribution in [0.5, 0.6) is 0 Å². The summed E-state index contributed by atoms with van der Waals surface area (Å²) in [4.78, 5) is 33.1. The van der Waals surface area contributed by atoms with Crippen LogP contribution in [-0.2, 0) is 11.2 Å². The number of rotatable bonds is 8. The fourth-order valence-electron chi connectivity index (χ4n) is 3.56. The van der Waals surface area contributed by atoms with Gasteiger partial charge in [-0.15, -0.1) is 0 Å². The number of H-pyrrole nitrogens is 1. The van der Waals surface area contributed by atoms with Gasteiger partial charge in [0.1, 0.15) is 0 Å². The van der Waals surface area contributed by atoms with Crippen LogP contribution in [-0.4, -0.2) is 58.8 Å². The van der Waals surface area contributed by atoms with E-state index in [0.29, 0.717) is 37.7 Å². The van der Waals surface area contributed by atoms with Gasteiger partial charge in [-0.25, -0.2) is 9.78 Å². The minimum atomic E-state index is -0.957. The van der Waals surface area contributed by atoms with Crippen LogP contribution < -0.4 is 10.2 Å². The summed E-state index contributed by atoms with van der Waals surface area (Å²) in [5.41, 5.74) is 1.80. The van der Waals surface area contributed by atoms with Crippen LogP contribution in [0, 0.1) is 0 Å². The van der Waals surface area contributed by atoms with E-state index in [1.807, 2.05) is 19.9 Å². The highest BCUT2D eigenvalue weighted by Crippen LogP contribution is 2.23. The molecular formula is C21H27ClN4O4. The van der Waals surface area contributed by atoms with Crippen molar-refractivity contribution in [3.05, 3.63) is 46.5 Å². The van der Waals surface area contributed by atoms with Crippen LogP contribution in [0.25, 0.3) is 0 Å². The van der Waals surface area contributed by atoms with Gasteiger partial charge in [0.25, 0.3) is 5.91 Å². The Bertz CT molecular complexity index is 901. The van der Waals surface area contributed by atoms with Crippen molar-refractivity contribution < 1.29 is 19.4 Å². The summed E-state index contributed by atoms with van der Waals surface area (Å²) in [5.74, 6) is -1.07. The zero-order chi connectivity index (χ0) is 21.7. The Morgan fingerprint density at radius 3 is 2.87 bits per heavy atom. The van der Waals surface area contributed by atoms with Gasteiger partial charge in [-0.3, -0.25) is 4.79 Å². The zero-order valence-corrected chi connectivity index (χ0v) is 17.9. The number of imidazole rings is 1. The molecule has 1 aromatic carbocycles. The maximum Gasteiger partial charge on any atom is 0.335 e. The minimum absolute atomic E-state index is 0.183. The van der Waals surface area contributed by atoms with Crippen molar-refractivity contribution >= 4 is 29.2 Å². The first-order valence-corrected chi connectivity index (χ1v) is 10.6. The van der Waals surface area contributed by atoms with Crippen LogP contribution in [0.15, 0.2) is 24.3 Å². The lowest BCUT2D eigenvalue weighted by Gasteiger charge is -2.39. The average Bonchev–Trinajstić information content (AvgIpc) is 3.14. The number of piperidine rings is 1. The Morgan fingerprint density at radius 1 is 1.40 bits per heavy atom. The minimum Gasteiger partial charge on any atom is -0.478 e. The summed E-state index contributed by atoms with van der Waals surface area (Å²) >= 11 is 6.06. The molecular weight excluding hydrogens is 408 g/mol. The molecule has 0 bridgehead atoms. The van der Waals surface area contributed by atoms with Gasteiger partial charge in [0, 0.05) is 25.4 Å². The molecule has 1 aliphatic heterocycles. The number of ether oxygens (including phenoxy) is 1.